The van der Waals surface area contributed by atoms with E-state index in [4.69, 9.17) is 11.6 Å². The summed E-state index contributed by atoms with van der Waals surface area (Å²) in [6.07, 6.45) is 3.46. The molecule has 29 heavy (non-hydrogen) atoms. The van der Waals surface area contributed by atoms with E-state index in [1.54, 1.807) is 0 Å². The van der Waals surface area contributed by atoms with Crippen LogP contribution in [0.15, 0.2) is 59.6 Å². The zero-order valence-electron chi connectivity index (χ0n) is 16.9. The minimum atomic E-state index is 0. The lowest BCUT2D eigenvalue weighted by atomic mass is 10.0. The van der Waals surface area contributed by atoms with E-state index in [0.29, 0.717) is 18.0 Å². The maximum Gasteiger partial charge on any atom is 0.191 e. The van der Waals surface area contributed by atoms with Crippen molar-refractivity contribution in [2.24, 2.45) is 4.99 Å². The van der Waals surface area contributed by atoms with Crippen LogP contribution in [0.2, 0.25) is 5.02 Å². The predicted molar refractivity (Wildman–Crippen MR) is 132 cm³/mol. The fourth-order valence-electron chi connectivity index (χ4n) is 4.05. The third-order valence-electron chi connectivity index (χ3n) is 5.81. The van der Waals surface area contributed by atoms with Crippen molar-refractivity contribution in [3.05, 3.63) is 70.7 Å². The summed E-state index contributed by atoms with van der Waals surface area (Å²) in [6.45, 7) is 3.21. The Kier molecular flexibility index (Phi) is 8.21. The Morgan fingerprint density at radius 2 is 1.72 bits per heavy atom. The summed E-state index contributed by atoms with van der Waals surface area (Å²) in [5.74, 6) is 1.56. The molecule has 0 bridgehead atoms. The zero-order valence-corrected chi connectivity index (χ0v) is 19.9. The van der Waals surface area contributed by atoms with Gasteiger partial charge in [0.2, 0.25) is 0 Å². The molecule has 2 atom stereocenters. The summed E-state index contributed by atoms with van der Waals surface area (Å²) < 4.78 is 0. The average Bonchev–Trinajstić information content (AvgIpc) is 3.50. The first-order valence-electron chi connectivity index (χ1n) is 10.2. The molecule has 2 aromatic rings. The van der Waals surface area contributed by atoms with Gasteiger partial charge in [-0.3, -0.25) is 9.89 Å². The van der Waals surface area contributed by atoms with Crippen molar-refractivity contribution in [2.75, 3.05) is 20.1 Å². The quantitative estimate of drug-likeness (QED) is 0.340. The van der Waals surface area contributed by atoms with Crippen molar-refractivity contribution >= 4 is 41.5 Å². The summed E-state index contributed by atoms with van der Waals surface area (Å²) in [4.78, 5) is 6.97. The predicted octanol–water partition coefficient (Wildman–Crippen LogP) is 4.64. The van der Waals surface area contributed by atoms with E-state index >= 15 is 0 Å². The van der Waals surface area contributed by atoms with E-state index in [-0.39, 0.29) is 24.0 Å². The van der Waals surface area contributed by atoms with Gasteiger partial charge in [-0.15, -0.1) is 24.0 Å². The summed E-state index contributed by atoms with van der Waals surface area (Å²) in [7, 11) is 1.87. The highest BCUT2D eigenvalue weighted by Crippen LogP contribution is 2.40. The monoisotopic (exact) mass is 524 g/mol. The molecule has 2 fully saturated rings. The molecule has 2 aliphatic rings. The SMILES string of the molecule is CN=C(NC1CCN(Cc2ccc(Cl)cc2)CC1)NC1CC1c1ccccc1.I. The standard InChI is InChI=1S/C23H29ClN4.HI/c1-25-23(27-22-15-21(22)18-5-3-2-4-6-18)26-20-11-13-28(14-12-20)16-17-7-9-19(24)10-8-17;/h2-10,20-22H,11-16H2,1H3,(H2,25,26,27);1H. The van der Waals surface area contributed by atoms with Crippen molar-refractivity contribution in [1.82, 2.24) is 15.5 Å². The molecule has 1 saturated heterocycles. The number of aliphatic imine (C=N–C) groups is 1. The van der Waals surface area contributed by atoms with Crippen LogP contribution in [-0.4, -0.2) is 43.1 Å². The fraction of sp³-hybridized carbons (Fsp3) is 0.435. The van der Waals surface area contributed by atoms with Gasteiger partial charge in [0.25, 0.3) is 0 Å². The molecule has 156 valence electrons. The number of nitrogens with zero attached hydrogens (tertiary/aromatic N) is 2. The smallest absolute Gasteiger partial charge is 0.191 e. The average molecular weight is 525 g/mol. The molecule has 4 rings (SSSR count). The number of hydrogen-bond acceptors (Lipinski definition) is 2. The molecule has 4 nitrogen and oxygen atoms in total. The van der Waals surface area contributed by atoms with Crippen LogP contribution in [0.5, 0.6) is 0 Å². The van der Waals surface area contributed by atoms with Crippen LogP contribution in [0.1, 0.15) is 36.3 Å². The lowest BCUT2D eigenvalue weighted by Gasteiger charge is -2.33. The van der Waals surface area contributed by atoms with Crippen LogP contribution in [-0.2, 0) is 6.54 Å². The molecule has 0 spiro atoms. The van der Waals surface area contributed by atoms with Crippen LogP contribution in [0.4, 0.5) is 0 Å². The number of piperidine rings is 1. The Bertz CT molecular complexity index is 788. The molecule has 1 aliphatic carbocycles. The summed E-state index contributed by atoms with van der Waals surface area (Å²) in [5, 5.41) is 8.04. The van der Waals surface area contributed by atoms with Gasteiger partial charge in [-0.05, 0) is 42.5 Å². The Morgan fingerprint density at radius 1 is 1.03 bits per heavy atom. The molecule has 2 aromatic carbocycles. The van der Waals surface area contributed by atoms with E-state index in [1.165, 1.54) is 17.5 Å². The Balaban J connectivity index is 0.00000240. The van der Waals surface area contributed by atoms with Crippen molar-refractivity contribution in [3.8, 4) is 0 Å². The van der Waals surface area contributed by atoms with Crippen LogP contribution in [0.25, 0.3) is 0 Å². The molecular formula is C23H30ClIN4. The minimum Gasteiger partial charge on any atom is -0.354 e. The highest BCUT2D eigenvalue weighted by atomic mass is 127. The number of nitrogens with one attached hydrogen (secondary N) is 2. The minimum absolute atomic E-state index is 0. The summed E-state index contributed by atoms with van der Waals surface area (Å²) >= 11 is 5.98. The Morgan fingerprint density at radius 3 is 2.38 bits per heavy atom. The first-order valence-corrected chi connectivity index (χ1v) is 10.6. The van der Waals surface area contributed by atoms with E-state index in [9.17, 15) is 0 Å². The molecule has 2 N–H and O–H groups in total. The number of hydrogen-bond donors (Lipinski definition) is 2. The van der Waals surface area contributed by atoms with Crippen LogP contribution >= 0.6 is 35.6 Å². The molecule has 0 aromatic heterocycles. The van der Waals surface area contributed by atoms with Gasteiger partial charge < -0.3 is 10.6 Å². The largest absolute Gasteiger partial charge is 0.354 e. The Labute approximate surface area is 196 Å². The summed E-state index contributed by atoms with van der Waals surface area (Å²) in [5.41, 5.74) is 2.75. The number of likely N-dealkylation sites (tertiary alicyclic amines) is 1. The van der Waals surface area contributed by atoms with Crippen molar-refractivity contribution < 1.29 is 0 Å². The molecule has 0 radical (unpaired) electrons. The lowest BCUT2D eigenvalue weighted by molar-refractivity contribution is 0.198. The second-order valence-electron chi connectivity index (χ2n) is 7.90. The van der Waals surface area contributed by atoms with Gasteiger partial charge in [-0.2, -0.15) is 0 Å². The van der Waals surface area contributed by atoms with Gasteiger partial charge in [0.1, 0.15) is 0 Å². The molecule has 1 aliphatic heterocycles. The van der Waals surface area contributed by atoms with E-state index in [1.807, 2.05) is 19.2 Å². The molecular weight excluding hydrogens is 495 g/mol. The topological polar surface area (TPSA) is 39.7 Å². The van der Waals surface area contributed by atoms with E-state index in [2.05, 4.69) is 63.0 Å². The fourth-order valence-corrected chi connectivity index (χ4v) is 4.17. The zero-order chi connectivity index (χ0) is 19.3. The van der Waals surface area contributed by atoms with Crippen molar-refractivity contribution in [1.29, 1.82) is 0 Å². The molecule has 1 saturated carbocycles. The van der Waals surface area contributed by atoms with Crippen LogP contribution in [0.3, 0.4) is 0 Å². The van der Waals surface area contributed by atoms with Gasteiger partial charge in [-0.1, -0.05) is 54.1 Å². The highest BCUT2D eigenvalue weighted by molar-refractivity contribution is 14.0. The Hall–Kier alpha value is -1.31. The van der Waals surface area contributed by atoms with Crippen molar-refractivity contribution in [3.63, 3.8) is 0 Å². The third-order valence-corrected chi connectivity index (χ3v) is 6.06. The van der Waals surface area contributed by atoms with Gasteiger partial charge in [-0.25, -0.2) is 0 Å². The highest BCUT2D eigenvalue weighted by Gasteiger charge is 2.39. The number of benzene rings is 2. The number of guanidine groups is 1. The molecule has 0 amide bonds. The lowest BCUT2D eigenvalue weighted by Crippen LogP contribution is -2.49. The van der Waals surface area contributed by atoms with Gasteiger partial charge in [0.05, 0.1) is 0 Å². The maximum absolute atomic E-state index is 5.98. The second-order valence-corrected chi connectivity index (χ2v) is 8.33. The van der Waals surface area contributed by atoms with Crippen molar-refractivity contribution in [2.45, 2.75) is 43.8 Å². The molecule has 1 heterocycles. The van der Waals surface area contributed by atoms with Crippen LogP contribution in [0, 0.1) is 0 Å². The first kappa shape index (κ1) is 22.4. The van der Waals surface area contributed by atoms with E-state index < -0.39 is 0 Å². The maximum atomic E-state index is 5.98. The summed E-state index contributed by atoms with van der Waals surface area (Å²) in [6, 6.07) is 19.9. The van der Waals surface area contributed by atoms with Gasteiger partial charge in [0, 0.05) is 49.7 Å². The molecule has 2 unspecified atom stereocenters. The molecule has 6 heteroatoms. The third kappa shape index (κ3) is 6.33. The number of rotatable bonds is 5. The second kappa shape index (κ2) is 10.6. The number of halogens is 2. The normalized spacial score (nSPS) is 22.6. The van der Waals surface area contributed by atoms with Gasteiger partial charge in [0.15, 0.2) is 5.96 Å². The van der Waals surface area contributed by atoms with E-state index in [0.717, 1.165) is 43.5 Å². The first-order chi connectivity index (χ1) is 13.7. The van der Waals surface area contributed by atoms with Gasteiger partial charge >= 0.3 is 0 Å². The van der Waals surface area contributed by atoms with Crippen LogP contribution < -0.4 is 10.6 Å².